The molecule has 0 aliphatic carbocycles. The fraction of sp³-hybridized carbons (Fsp3) is 0. The van der Waals surface area contributed by atoms with Gasteiger partial charge in [-0.05, 0) is 108 Å². The quantitative estimate of drug-likeness (QED) is 0.167. The number of benzene rings is 10. The summed E-state index contributed by atoms with van der Waals surface area (Å²) in [5, 5.41) is 13.1. The van der Waals surface area contributed by atoms with E-state index in [-0.39, 0.29) is 0 Å². The lowest BCUT2D eigenvalue weighted by Crippen LogP contribution is -1.90. The summed E-state index contributed by atoms with van der Waals surface area (Å²) in [6.45, 7) is 0. The van der Waals surface area contributed by atoms with Gasteiger partial charge in [0.1, 0.15) is 22.3 Å². The van der Waals surface area contributed by atoms with E-state index in [1.807, 2.05) is 11.3 Å². The average Bonchev–Trinajstić information content (AvgIpc) is 3.99. The monoisotopic (exact) mass is 768 g/mol. The van der Waals surface area contributed by atoms with E-state index >= 15 is 0 Å². The van der Waals surface area contributed by atoms with Crippen LogP contribution in [0.5, 0.6) is 0 Å². The Morgan fingerprint density at radius 2 is 0.763 bits per heavy atom. The van der Waals surface area contributed by atoms with Crippen LogP contribution in [0.3, 0.4) is 0 Å². The standard InChI is InChI=1S/C56H32O2S/c1-3-14-34(15-4-1)52-45-28-30-47-54(56(45)59-55(52)35-16-5-2-6-17-35)44-27-24-37(32-49(44)58-47)51-41-21-11-9-19-39(41)50(40-20-10-12-22-42(40)51)36-23-26-43-48(31-36)57-46-29-25-33-13-7-8-18-38(33)53(43)46/h1-32H. The Morgan fingerprint density at radius 1 is 0.288 bits per heavy atom. The molecule has 0 atom stereocenters. The molecule has 0 aliphatic rings. The van der Waals surface area contributed by atoms with Crippen LogP contribution in [0.25, 0.3) is 130 Å². The van der Waals surface area contributed by atoms with Gasteiger partial charge in [0.05, 0.1) is 0 Å². The maximum atomic E-state index is 6.79. The Hall–Kier alpha value is -7.46. The van der Waals surface area contributed by atoms with E-state index in [1.165, 1.54) is 85.9 Å². The fourth-order valence-corrected chi connectivity index (χ4v) is 11.1. The van der Waals surface area contributed by atoms with E-state index in [2.05, 4.69) is 194 Å². The van der Waals surface area contributed by atoms with Crippen molar-refractivity contribution in [1.82, 2.24) is 0 Å². The van der Waals surface area contributed by atoms with Gasteiger partial charge < -0.3 is 8.83 Å². The van der Waals surface area contributed by atoms with Gasteiger partial charge in [0, 0.05) is 42.1 Å². The molecule has 3 heterocycles. The SMILES string of the molecule is c1ccc(-c2sc3c(ccc4oc5cc(-c6c7ccccc7c(-c7ccc8c(c7)oc7ccc9ccccc9c78)c7ccccc67)ccc5c43)c2-c2ccccc2)cc1. The largest absolute Gasteiger partial charge is 0.456 e. The highest BCUT2D eigenvalue weighted by Crippen LogP contribution is 2.50. The Kier molecular flexibility index (Phi) is 6.92. The summed E-state index contributed by atoms with van der Waals surface area (Å²) in [5.74, 6) is 0. The lowest BCUT2D eigenvalue weighted by molar-refractivity contribution is 0.669. The maximum Gasteiger partial charge on any atom is 0.136 e. The van der Waals surface area contributed by atoms with Crippen LogP contribution in [-0.2, 0) is 0 Å². The van der Waals surface area contributed by atoms with Crippen LogP contribution >= 0.6 is 11.3 Å². The molecule has 0 fully saturated rings. The molecular formula is C56H32O2S. The third-order valence-corrected chi connectivity index (χ3v) is 13.5. The second kappa shape index (κ2) is 12.5. The number of rotatable bonds is 4. The molecular weight excluding hydrogens is 737 g/mol. The third-order valence-electron chi connectivity index (χ3n) is 12.3. The molecule has 0 N–H and O–H groups in total. The van der Waals surface area contributed by atoms with E-state index in [4.69, 9.17) is 8.83 Å². The zero-order valence-electron chi connectivity index (χ0n) is 31.7. The van der Waals surface area contributed by atoms with Crippen LogP contribution in [0.1, 0.15) is 0 Å². The number of fused-ring (bicyclic) bond motifs is 12. The minimum atomic E-state index is 0.890. The van der Waals surface area contributed by atoms with Crippen molar-refractivity contribution in [2.75, 3.05) is 0 Å². The van der Waals surface area contributed by atoms with Crippen molar-refractivity contribution in [2.24, 2.45) is 0 Å². The van der Waals surface area contributed by atoms with E-state index in [1.54, 1.807) is 0 Å². The molecule has 0 radical (unpaired) electrons. The summed E-state index contributed by atoms with van der Waals surface area (Å²) >= 11 is 1.86. The average molecular weight is 769 g/mol. The zero-order chi connectivity index (χ0) is 38.6. The summed E-state index contributed by atoms with van der Waals surface area (Å²) in [7, 11) is 0. The van der Waals surface area contributed by atoms with Crippen molar-refractivity contribution in [3.63, 3.8) is 0 Å². The van der Waals surface area contributed by atoms with Gasteiger partial charge in [-0.15, -0.1) is 11.3 Å². The van der Waals surface area contributed by atoms with E-state index in [9.17, 15) is 0 Å². The van der Waals surface area contributed by atoms with Crippen molar-refractivity contribution in [3.8, 4) is 43.8 Å². The van der Waals surface area contributed by atoms with Crippen LogP contribution in [0.15, 0.2) is 203 Å². The number of hydrogen-bond donors (Lipinski definition) is 0. The zero-order valence-corrected chi connectivity index (χ0v) is 32.5. The third kappa shape index (κ3) is 4.80. The summed E-state index contributed by atoms with van der Waals surface area (Å²) in [4.78, 5) is 1.27. The highest BCUT2D eigenvalue weighted by Gasteiger charge is 2.22. The molecule has 13 rings (SSSR count). The molecule has 3 heteroatoms. The molecule has 59 heavy (non-hydrogen) atoms. The minimum Gasteiger partial charge on any atom is -0.456 e. The van der Waals surface area contributed by atoms with E-state index < -0.39 is 0 Å². The number of furan rings is 2. The van der Waals surface area contributed by atoms with Gasteiger partial charge in [0.15, 0.2) is 0 Å². The summed E-state index contributed by atoms with van der Waals surface area (Å²) < 4.78 is 14.6. The van der Waals surface area contributed by atoms with Crippen LogP contribution in [0, 0.1) is 0 Å². The minimum absolute atomic E-state index is 0.890. The molecule has 274 valence electrons. The molecule has 0 saturated heterocycles. The van der Waals surface area contributed by atoms with Crippen LogP contribution < -0.4 is 0 Å². The fourth-order valence-electron chi connectivity index (χ4n) is 9.71. The summed E-state index contributed by atoms with van der Waals surface area (Å²) in [6, 6.07) is 70.0. The lowest BCUT2D eigenvalue weighted by Gasteiger charge is -2.17. The van der Waals surface area contributed by atoms with Gasteiger partial charge in [-0.3, -0.25) is 0 Å². The van der Waals surface area contributed by atoms with Crippen LogP contribution in [0.2, 0.25) is 0 Å². The highest BCUT2D eigenvalue weighted by atomic mass is 32.1. The first-order valence-corrected chi connectivity index (χ1v) is 20.9. The summed E-state index contributed by atoms with van der Waals surface area (Å²) in [6.07, 6.45) is 0. The first-order chi connectivity index (χ1) is 29.3. The molecule has 0 aliphatic heterocycles. The van der Waals surface area contributed by atoms with Crippen molar-refractivity contribution < 1.29 is 8.83 Å². The van der Waals surface area contributed by atoms with Crippen LogP contribution in [-0.4, -0.2) is 0 Å². The maximum absolute atomic E-state index is 6.79. The lowest BCUT2D eigenvalue weighted by atomic mass is 9.85. The molecule has 3 aromatic heterocycles. The van der Waals surface area contributed by atoms with Crippen molar-refractivity contribution >= 4 is 97.6 Å². The van der Waals surface area contributed by atoms with Gasteiger partial charge in [0.25, 0.3) is 0 Å². The van der Waals surface area contributed by atoms with Gasteiger partial charge in [-0.1, -0.05) is 152 Å². The van der Waals surface area contributed by atoms with Gasteiger partial charge >= 0.3 is 0 Å². The Labute approximate surface area is 342 Å². The van der Waals surface area contributed by atoms with Gasteiger partial charge in [0.2, 0.25) is 0 Å². The van der Waals surface area contributed by atoms with Crippen molar-refractivity contribution in [2.45, 2.75) is 0 Å². The summed E-state index contributed by atoms with van der Waals surface area (Å²) in [5.41, 5.74) is 12.0. The predicted octanol–water partition coefficient (Wildman–Crippen LogP) is 16.8. The molecule has 0 bridgehead atoms. The molecule has 0 spiro atoms. The Morgan fingerprint density at radius 3 is 1.37 bits per heavy atom. The van der Waals surface area contributed by atoms with E-state index in [0.29, 0.717) is 0 Å². The first kappa shape index (κ1) is 32.6. The smallest absolute Gasteiger partial charge is 0.136 e. The van der Waals surface area contributed by atoms with Gasteiger partial charge in [-0.25, -0.2) is 0 Å². The van der Waals surface area contributed by atoms with Crippen molar-refractivity contribution in [1.29, 1.82) is 0 Å². The molecule has 0 saturated carbocycles. The second-order valence-electron chi connectivity index (χ2n) is 15.5. The molecule has 2 nitrogen and oxygen atoms in total. The normalized spacial score (nSPS) is 12.1. The molecule has 10 aromatic carbocycles. The van der Waals surface area contributed by atoms with Gasteiger partial charge in [-0.2, -0.15) is 0 Å². The predicted molar refractivity (Wildman–Crippen MR) is 251 cm³/mol. The highest BCUT2D eigenvalue weighted by molar-refractivity contribution is 7.24. The molecule has 13 aromatic rings. The van der Waals surface area contributed by atoms with Crippen LogP contribution in [0.4, 0.5) is 0 Å². The Balaban J connectivity index is 1.02. The van der Waals surface area contributed by atoms with Crippen molar-refractivity contribution in [3.05, 3.63) is 194 Å². The Bertz CT molecular complexity index is 3770. The number of thiophene rings is 1. The number of hydrogen-bond acceptors (Lipinski definition) is 3. The second-order valence-corrected chi connectivity index (χ2v) is 16.5. The first-order valence-electron chi connectivity index (χ1n) is 20.1. The van der Waals surface area contributed by atoms with E-state index in [0.717, 1.165) is 44.2 Å². The molecule has 0 amide bonds. The molecule has 0 unspecified atom stereocenters. The topological polar surface area (TPSA) is 26.3 Å².